The second-order valence-corrected chi connectivity index (χ2v) is 8.97. The minimum Gasteiger partial charge on any atom is -0.444 e. The lowest BCUT2D eigenvalue weighted by atomic mass is 9.98. The molecule has 0 radical (unpaired) electrons. The van der Waals surface area contributed by atoms with Gasteiger partial charge in [-0.25, -0.2) is 13.6 Å². The molecular weight excluding hydrogens is 423 g/mol. The van der Waals surface area contributed by atoms with E-state index >= 15 is 0 Å². The van der Waals surface area contributed by atoms with Crippen LogP contribution in [0.15, 0.2) is 12.1 Å². The molecule has 10 heteroatoms. The topological polar surface area (TPSA) is 58.6 Å². The minimum absolute atomic E-state index is 0.0955. The summed E-state index contributed by atoms with van der Waals surface area (Å²) in [5.41, 5.74) is -2.31. The number of amides is 2. The largest absolute Gasteiger partial charge is 0.444 e. The molecule has 1 heterocycles. The second-order valence-electron chi connectivity index (χ2n) is 8.97. The lowest BCUT2D eigenvalue weighted by molar-refractivity contribution is -0.138. The summed E-state index contributed by atoms with van der Waals surface area (Å²) >= 11 is 0. The second kappa shape index (κ2) is 8.27. The Bertz CT molecular complexity index is 862. The lowest BCUT2D eigenvalue weighted by Gasteiger charge is -2.27. The molecule has 172 valence electrons. The van der Waals surface area contributed by atoms with Gasteiger partial charge in [-0.2, -0.15) is 13.2 Å². The fourth-order valence-corrected chi connectivity index (χ4v) is 3.65. The van der Waals surface area contributed by atoms with Crippen molar-refractivity contribution in [1.82, 2.24) is 10.2 Å². The van der Waals surface area contributed by atoms with Crippen LogP contribution in [0.2, 0.25) is 0 Å². The molecule has 0 aromatic heterocycles. The quantitative estimate of drug-likeness (QED) is 0.681. The van der Waals surface area contributed by atoms with Crippen molar-refractivity contribution < 1.29 is 36.3 Å². The first-order valence-corrected chi connectivity index (χ1v) is 10.1. The van der Waals surface area contributed by atoms with E-state index < -0.39 is 53.3 Å². The Kier molecular flexibility index (Phi) is 6.21. The van der Waals surface area contributed by atoms with E-state index in [4.69, 9.17) is 4.74 Å². The molecule has 3 rings (SSSR count). The number of nitrogens with one attached hydrogen (secondary N) is 1. The molecule has 1 aliphatic heterocycles. The monoisotopic (exact) mass is 448 g/mol. The highest BCUT2D eigenvalue weighted by Gasteiger charge is 2.43. The number of ether oxygens (including phenoxy) is 1. The molecule has 5 nitrogen and oxygen atoms in total. The van der Waals surface area contributed by atoms with Crippen LogP contribution in [0.5, 0.6) is 0 Å². The van der Waals surface area contributed by atoms with Crippen LogP contribution < -0.4 is 5.32 Å². The highest BCUT2D eigenvalue weighted by atomic mass is 19.4. The summed E-state index contributed by atoms with van der Waals surface area (Å²) in [5.74, 6) is -2.20. The van der Waals surface area contributed by atoms with Gasteiger partial charge in [0, 0.05) is 24.1 Å². The normalized spacial score (nSPS) is 21.9. The maximum atomic E-state index is 14.8. The molecule has 1 aliphatic carbocycles. The Morgan fingerprint density at radius 3 is 2.39 bits per heavy atom. The Morgan fingerprint density at radius 1 is 1.19 bits per heavy atom. The van der Waals surface area contributed by atoms with E-state index in [0.717, 1.165) is 17.0 Å². The van der Waals surface area contributed by atoms with Gasteiger partial charge in [-0.3, -0.25) is 9.69 Å². The number of halogens is 5. The molecule has 1 saturated carbocycles. The maximum Gasteiger partial charge on any atom is 0.416 e. The van der Waals surface area contributed by atoms with Crippen LogP contribution >= 0.6 is 0 Å². The first-order valence-electron chi connectivity index (χ1n) is 10.1. The molecule has 1 aromatic rings. The van der Waals surface area contributed by atoms with Gasteiger partial charge in [0.15, 0.2) is 0 Å². The van der Waals surface area contributed by atoms with Crippen molar-refractivity contribution >= 4 is 12.0 Å². The van der Waals surface area contributed by atoms with Crippen molar-refractivity contribution in [3.8, 4) is 0 Å². The molecule has 1 aromatic carbocycles. The number of alkyl halides is 4. The molecule has 2 atom stereocenters. The van der Waals surface area contributed by atoms with Crippen LogP contribution in [0.1, 0.15) is 62.6 Å². The third-order valence-electron chi connectivity index (χ3n) is 5.18. The number of carbonyl (C=O) groups excluding carboxylic acids is 2. The summed E-state index contributed by atoms with van der Waals surface area (Å²) in [4.78, 5) is 25.9. The number of benzene rings is 1. The third-order valence-corrected chi connectivity index (χ3v) is 5.18. The highest BCUT2D eigenvalue weighted by molar-refractivity contribution is 5.86. The first-order chi connectivity index (χ1) is 14.3. The zero-order valence-corrected chi connectivity index (χ0v) is 17.5. The molecule has 2 amide bonds. The number of hydrogen-bond donors (Lipinski definition) is 1. The van der Waals surface area contributed by atoms with Crippen molar-refractivity contribution in [2.24, 2.45) is 0 Å². The van der Waals surface area contributed by atoms with E-state index in [1.54, 1.807) is 20.8 Å². The zero-order chi connectivity index (χ0) is 23.1. The maximum absolute atomic E-state index is 14.8. The SMILES string of the molecule is CC(C)(C)OC(=O)N1C[C@H](F)C[C@@H]1C(=O)NCc1ccc(C(F)(F)F)c(C2CC2)c1F. The van der Waals surface area contributed by atoms with Crippen molar-refractivity contribution in [2.75, 3.05) is 6.54 Å². The molecule has 1 N–H and O–H groups in total. The van der Waals surface area contributed by atoms with Crippen LogP contribution in [-0.4, -0.2) is 41.3 Å². The molecule has 0 unspecified atom stereocenters. The fourth-order valence-electron chi connectivity index (χ4n) is 3.65. The van der Waals surface area contributed by atoms with Crippen LogP contribution in [0, 0.1) is 5.82 Å². The van der Waals surface area contributed by atoms with Gasteiger partial charge in [0.25, 0.3) is 0 Å². The highest BCUT2D eigenvalue weighted by Crippen LogP contribution is 2.47. The molecule has 31 heavy (non-hydrogen) atoms. The van der Waals surface area contributed by atoms with E-state index in [2.05, 4.69) is 5.32 Å². The lowest BCUT2D eigenvalue weighted by Crippen LogP contribution is -2.47. The minimum atomic E-state index is -4.67. The van der Waals surface area contributed by atoms with Gasteiger partial charge >= 0.3 is 12.3 Å². The van der Waals surface area contributed by atoms with Crippen LogP contribution in [0.3, 0.4) is 0 Å². The number of likely N-dealkylation sites (tertiary alicyclic amines) is 1. The van der Waals surface area contributed by atoms with E-state index in [9.17, 15) is 31.5 Å². The molecule has 0 bridgehead atoms. The smallest absolute Gasteiger partial charge is 0.416 e. The molecule has 2 fully saturated rings. The standard InChI is InChI=1S/C21H25F5N2O3/c1-20(2,3)31-19(30)28-10-13(22)8-15(28)18(29)27-9-12-6-7-14(21(24,25)26)16(17(12)23)11-4-5-11/h6-7,11,13,15H,4-5,8-10H2,1-3H3,(H,27,29)/t13-,15-/m1/s1. The van der Waals surface area contributed by atoms with Crippen LogP contribution in [-0.2, 0) is 22.3 Å². The van der Waals surface area contributed by atoms with E-state index in [1.165, 1.54) is 0 Å². The van der Waals surface area contributed by atoms with Gasteiger partial charge in [0.1, 0.15) is 23.6 Å². The Balaban J connectivity index is 1.73. The van der Waals surface area contributed by atoms with Gasteiger partial charge in [0.05, 0.1) is 12.1 Å². The summed E-state index contributed by atoms with van der Waals surface area (Å²) < 4.78 is 73.6. The first kappa shape index (κ1) is 23.3. The Morgan fingerprint density at radius 2 is 1.84 bits per heavy atom. The average Bonchev–Trinajstić information content (AvgIpc) is 3.38. The average molecular weight is 448 g/mol. The number of carbonyl (C=O) groups is 2. The number of hydrogen-bond acceptors (Lipinski definition) is 3. The summed E-state index contributed by atoms with van der Waals surface area (Å²) in [6.07, 6.45) is -6.24. The van der Waals surface area contributed by atoms with Gasteiger partial charge in [-0.1, -0.05) is 6.07 Å². The van der Waals surface area contributed by atoms with Crippen molar-refractivity contribution in [1.29, 1.82) is 0 Å². The van der Waals surface area contributed by atoms with Crippen LogP contribution in [0.4, 0.5) is 26.7 Å². The number of rotatable bonds is 4. The molecule has 2 aliphatic rings. The zero-order valence-electron chi connectivity index (χ0n) is 17.5. The van der Waals surface area contributed by atoms with Crippen LogP contribution in [0.25, 0.3) is 0 Å². The summed E-state index contributed by atoms with van der Waals surface area (Å²) in [6, 6.07) is 0.659. The summed E-state index contributed by atoms with van der Waals surface area (Å²) in [7, 11) is 0. The van der Waals surface area contributed by atoms with E-state index in [1.807, 2.05) is 0 Å². The summed E-state index contributed by atoms with van der Waals surface area (Å²) in [5, 5.41) is 2.42. The van der Waals surface area contributed by atoms with E-state index in [0.29, 0.717) is 12.8 Å². The Hall–Kier alpha value is -2.39. The summed E-state index contributed by atoms with van der Waals surface area (Å²) in [6.45, 7) is 4.21. The van der Waals surface area contributed by atoms with Gasteiger partial charge in [-0.05, 0) is 45.6 Å². The van der Waals surface area contributed by atoms with Gasteiger partial charge in [-0.15, -0.1) is 0 Å². The van der Waals surface area contributed by atoms with Gasteiger partial charge < -0.3 is 10.1 Å². The van der Waals surface area contributed by atoms with Crippen molar-refractivity contribution in [3.05, 3.63) is 34.6 Å². The van der Waals surface area contributed by atoms with Crippen molar-refractivity contribution in [3.63, 3.8) is 0 Å². The fraction of sp³-hybridized carbons (Fsp3) is 0.619. The molecule has 1 saturated heterocycles. The molecular formula is C21H25F5N2O3. The number of nitrogens with zero attached hydrogens (tertiary/aromatic N) is 1. The predicted molar refractivity (Wildman–Crippen MR) is 101 cm³/mol. The Labute approximate surface area is 176 Å². The molecule has 0 spiro atoms. The predicted octanol–water partition coefficient (Wildman–Crippen LogP) is 4.69. The third kappa shape index (κ3) is 5.46. The van der Waals surface area contributed by atoms with E-state index in [-0.39, 0.29) is 30.6 Å². The van der Waals surface area contributed by atoms with Gasteiger partial charge in [0.2, 0.25) is 5.91 Å². The van der Waals surface area contributed by atoms with Crippen molar-refractivity contribution in [2.45, 2.75) is 76.5 Å².